The van der Waals surface area contributed by atoms with Crippen LogP contribution in [-0.2, 0) is 18.4 Å². The molecule has 0 aliphatic carbocycles. The van der Waals surface area contributed by atoms with Gasteiger partial charge < -0.3 is 10.6 Å². The van der Waals surface area contributed by atoms with Gasteiger partial charge in [0.15, 0.2) is 5.82 Å². The van der Waals surface area contributed by atoms with Crippen molar-refractivity contribution in [3.8, 4) is 0 Å². The molecule has 2 N–H and O–H groups in total. The van der Waals surface area contributed by atoms with Crippen LogP contribution < -0.4 is 10.6 Å². The molecule has 1 rings (SSSR count). The maximum Gasteiger partial charge on any atom is 0.221 e. The molecule has 1 aromatic rings. The number of nitrogens with zero attached hydrogens (tertiary/aromatic N) is 3. The van der Waals surface area contributed by atoms with Crippen LogP contribution in [0.5, 0.6) is 0 Å². The number of carbonyl (C=O) groups is 1. The van der Waals surface area contributed by atoms with E-state index in [0.717, 1.165) is 0 Å². The number of hydrogen-bond acceptors (Lipinski definition) is 4. The molecule has 0 aromatic carbocycles. The van der Waals surface area contributed by atoms with Gasteiger partial charge in [-0.15, -0.1) is 0 Å². The van der Waals surface area contributed by atoms with Crippen molar-refractivity contribution in [2.24, 2.45) is 7.05 Å². The molecule has 6 heteroatoms. The Bertz CT molecular complexity index is 296. The van der Waals surface area contributed by atoms with Crippen molar-refractivity contribution in [2.45, 2.75) is 13.0 Å². The Balaban J connectivity index is 2.23. The van der Waals surface area contributed by atoms with E-state index in [1.54, 1.807) is 18.1 Å². The summed E-state index contributed by atoms with van der Waals surface area (Å²) in [5.74, 6) is 0.636. The van der Waals surface area contributed by atoms with Crippen LogP contribution in [0.1, 0.15) is 12.2 Å². The second kappa shape index (κ2) is 5.33. The van der Waals surface area contributed by atoms with Gasteiger partial charge >= 0.3 is 0 Å². The molecule has 0 aliphatic rings. The number of amides is 1. The Kier molecular flexibility index (Phi) is 4.06. The molecule has 0 spiro atoms. The zero-order chi connectivity index (χ0) is 10.4. The quantitative estimate of drug-likeness (QED) is 0.638. The third-order valence-electron chi connectivity index (χ3n) is 1.69. The first kappa shape index (κ1) is 10.6. The Labute approximate surface area is 82.7 Å². The van der Waals surface area contributed by atoms with Crippen LogP contribution in [0.2, 0.25) is 0 Å². The van der Waals surface area contributed by atoms with Crippen molar-refractivity contribution >= 4 is 5.91 Å². The lowest BCUT2D eigenvalue weighted by Crippen LogP contribution is -2.26. The average Bonchev–Trinajstić information content (AvgIpc) is 2.58. The monoisotopic (exact) mass is 197 g/mol. The highest BCUT2D eigenvalue weighted by atomic mass is 16.1. The minimum atomic E-state index is 0.00630. The molecule has 78 valence electrons. The lowest BCUT2D eigenvalue weighted by atomic mass is 10.4. The fraction of sp³-hybridized carbons (Fsp3) is 0.625. The standard InChI is InChI=1S/C8H15N5O/c1-9-4-3-8(14)10-5-7-11-6-13(2)12-7/h6,9H,3-5H2,1-2H3,(H,10,14). The van der Waals surface area contributed by atoms with E-state index in [-0.39, 0.29) is 5.91 Å². The highest BCUT2D eigenvalue weighted by molar-refractivity contribution is 5.75. The summed E-state index contributed by atoms with van der Waals surface area (Å²) in [6.07, 6.45) is 2.08. The number of carbonyl (C=O) groups excluding carboxylic acids is 1. The largest absolute Gasteiger partial charge is 0.349 e. The van der Waals surface area contributed by atoms with Crippen molar-refractivity contribution in [1.29, 1.82) is 0 Å². The molecule has 0 saturated heterocycles. The second-order valence-electron chi connectivity index (χ2n) is 2.96. The number of aryl methyl sites for hydroxylation is 1. The minimum absolute atomic E-state index is 0.00630. The summed E-state index contributed by atoms with van der Waals surface area (Å²) in [5.41, 5.74) is 0. The van der Waals surface area contributed by atoms with Crippen molar-refractivity contribution in [2.75, 3.05) is 13.6 Å². The smallest absolute Gasteiger partial charge is 0.221 e. The summed E-state index contributed by atoms with van der Waals surface area (Å²) in [6.45, 7) is 1.07. The summed E-state index contributed by atoms with van der Waals surface area (Å²) in [4.78, 5) is 15.2. The van der Waals surface area contributed by atoms with E-state index in [0.29, 0.717) is 25.3 Å². The number of aromatic nitrogens is 3. The zero-order valence-corrected chi connectivity index (χ0v) is 8.45. The van der Waals surface area contributed by atoms with Crippen LogP contribution in [-0.4, -0.2) is 34.3 Å². The highest BCUT2D eigenvalue weighted by Crippen LogP contribution is 1.87. The lowest BCUT2D eigenvalue weighted by molar-refractivity contribution is -0.121. The van der Waals surface area contributed by atoms with Crippen molar-refractivity contribution in [1.82, 2.24) is 25.4 Å². The summed E-state index contributed by atoms with van der Waals surface area (Å²) in [7, 11) is 3.60. The highest BCUT2D eigenvalue weighted by Gasteiger charge is 2.02. The molecule has 0 bridgehead atoms. The van der Waals surface area contributed by atoms with Crippen molar-refractivity contribution in [3.63, 3.8) is 0 Å². The molecule has 0 aliphatic heterocycles. The van der Waals surface area contributed by atoms with Crippen LogP contribution in [0.15, 0.2) is 6.33 Å². The molecule has 0 atom stereocenters. The fourth-order valence-corrected chi connectivity index (χ4v) is 0.969. The molecule has 6 nitrogen and oxygen atoms in total. The molecular formula is C8H15N5O. The van der Waals surface area contributed by atoms with Crippen molar-refractivity contribution in [3.05, 3.63) is 12.2 Å². The maximum absolute atomic E-state index is 11.2. The van der Waals surface area contributed by atoms with Gasteiger partial charge in [-0.1, -0.05) is 0 Å². The predicted octanol–water partition coefficient (Wildman–Crippen LogP) is -0.959. The normalized spacial score (nSPS) is 10.1. The van der Waals surface area contributed by atoms with Crippen LogP contribution >= 0.6 is 0 Å². The molecule has 1 aromatic heterocycles. The van der Waals surface area contributed by atoms with Crippen LogP contribution in [0, 0.1) is 0 Å². The van der Waals surface area contributed by atoms with E-state index >= 15 is 0 Å². The van der Waals surface area contributed by atoms with Crippen LogP contribution in [0.25, 0.3) is 0 Å². The zero-order valence-electron chi connectivity index (χ0n) is 8.45. The first-order valence-electron chi connectivity index (χ1n) is 4.48. The molecule has 1 amide bonds. The Hall–Kier alpha value is -1.43. The van der Waals surface area contributed by atoms with E-state index in [4.69, 9.17) is 0 Å². The summed E-state index contributed by atoms with van der Waals surface area (Å²) in [6, 6.07) is 0. The first-order chi connectivity index (χ1) is 6.72. The fourth-order valence-electron chi connectivity index (χ4n) is 0.969. The summed E-state index contributed by atoms with van der Waals surface area (Å²) in [5, 5.41) is 9.67. The van der Waals surface area contributed by atoms with Gasteiger partial charge in [-0.3, -0.25) is 9.48 Å². The average molecular weight is 197 g/mol. The van der Waals surface area contributed by atoms with Crippen molar-refractivity contribution < 1.29 is 4.79 Å². The topological polar surface area (TPSA) is 71.8 Å². The van der Waals surface area contributed by atoms with E-state index < -0.39 is 0 Å². The molecule has 0 radical (unpaired) electrons. The molecule has 0 fully saturated rings. The predicted molar refractivity (Wildman–Crippen MR) is 51.4 cm³/mol. The Morgan fingerprint density at radius 1 is 1.64 bits per heavy atom. The first-order valence-corrected chi connectivity index (χ1v) is 4.48. The minimum Gasteiger partial charge on any atom is -0.349 e. The van der Waals surface area contributed by atoms with E-state index in [1.807, 2.05) is 7.05 Å². The number of hydrogen-bond donors (Lipinski definition) is 2. The van der Waals surface area contributed by atoms with Gasteiger partial charge in [0, 0.05) is 20.0 Å². The van der Waals surface area contributed by atoms with Gasteiger partial charge in [-0.2, -0.15) is 5.10 Å². The third kappa shape index (κ3) is 3.53. The van der Waals surface area contributed by atoms with Gasteiger partial charge in [0.2, 0.25) is 5.91 Å². The van der Waals surface area contributed by atoms with Gasteiger partial charge in [0.1, 0.15) is 6.33 Å². The summed E-state index contributed by atoms with van der Waals surface area (Å²) < 4.78 is 1.61. The number of rotatable bonds is 5. The van der Waals surface area contributed by atoms with Crippen LogP contribution in [0.3, 0.4) is 0 Å². The Morgan fingerprint density at radius 2 is 2.43 bits per heavy atom. The van der Waals surface area contributed by atoms with Crippen LogP contribution in [0.4, 0.5) is 0 Å². The second-order valence-corrected chi connectivity index (χ2v) is 2.96. The van der Waals surface area contributed by atoms with Gasteiger partial charge in [0.05, 0.1) is 6.54 Å². The molecule has 14 heavy (non-hydrogen) atoms. The van der Waals surface area contributed by atoms with E-state index in [1.165, 1.54) is 0 Å². The molecule has 0 unspecified atom stereocenters. The molecular weight excluding hydrogens is 182 g/mol. The maximum atomic E-state index is 11.2. The van der Waals surface area contributed by atoms with Gasteiger partial charge in [-0.05, 0) is 7.05 Å². The van der Waals surface area contributed by atoms with E-state index in [2.05, 4.69) is 20.7 Å². The summed E-state index contributed by atoms with van der Waals surface area (Å²) >= 11 is 0. The van der Waals surface area contributed by atoms with Gasteiger partial charge in [0.25, 0.3) is 0 Å². The lowest BCUT2D eigenvalue weighted by Gasteiger charge is -2.01. The molecule has 1 heterocycles. The molecule has 0 saturated carbocycles. The van der Waals surface area contributed by atoms with Gasteiger partial charge in [-0.25, -0.2) is 4.98 Å². The third-order valence-corrected chi connectivity index (χ3v) is 1.69. The SMILES string of the molecule is CNCCC(=O)NCc1ncn(C)n1. The van der Waals surface area contributed by atoms with E-state index in [9.17, 15) is 4.79 Å². The Morgan fingerprint density at radius 3 is 3.00 bits per heavy atom. The number of nitrogens with one attached hydrogen (secondary N) is 2.